The summed E-state index contributed by atoms with van der Waals surface area (Å²) < 4.78 is 1.75. The van der Waals surface area contributed by atoms with Gasteiger partial charge in [0.05, 0.1) is 11.8 Å². The van der Waals surface area contributed by atoms with Crippen LogP contribution in [0.2, 0.25) is 0 Å². The number of piperidine rings is 1. The van der Waals surface area contributed by atoms with Crippen LogP contribution in [-0.4, -0.2) is 44.4 Å². The first-order valence-electron chi connectivity index (χ1n) is 6.86. The second-order valence-electron chi connectivity index (χ2n) is 5.87. The Kier molecular flexibility index (Phi) is 3.94. The maximum Gasteiger partial charge on any atom is 0.222 e. The van der Waals surface area contributed by atoms with Crippen molar-refractivity contribution in [3.05, 3.63) is 18.0 Å². The SMILES string of the molecule is C[C@@H]1CN(C(=O)CCc2cnn(C)c2)CC[C@]1(C)O. The van der Waals surface area contributed by atoms with E-state index in [0.717, 1.165) is 12.0 Å². The van der Waals surface area contributed by atoms with Gasteiger partial charge in [-0.1, -0.05) is 6.92 Å². The Hall–Kier alpha value is -1.36. The number of aromatic nitrogens is 2. The van der Waals surface area contributed by atoms with Gasteiger partial charge in [0.15, 0.2) is 0 Å². The van der Waals surface area contributed by atoms with Crippen LogP contribution in [0.15, 0.2) is 12.4 Å². The fourth-order valence-electron chi connectivity index (χ4n) is 2.46. The lowest BCUT2D eigenvalue weighted by Gasteiger charge is -2.41. The highest BCUT2D eigenvalue weighted by atomic mass is 16.3. The molecule has 2 atom stereocenters. The fraction of sp³-hybridized carbons (Fsp3) is 0.714. The molecule has 19 heavy (non-hydrogen) atoms. The third-order valence-electron chi connectivity index (χ3n) is 4.18. The van der Waals surface area contributed by atoms with Gasteiger partial charge in [0.25, 0.3) is 0 Å². The van der Waals surface area contributed by atoms with Crippen molar-refractivity contribution >= 4 is 5.91 Å². The largest absolute Gasteiger partial charge is 0.390 e. The number of rotatable bonds is 3. The first-order chi connectivity index (χ1) is 8.88. The summed E-state index contributed by atoms with van der Waals surface area (Å²) in [4.78, 5) is 14.0. The quantitative estimate of drug-likeness (QED) is 0.886. The molecule has 5 nitrogen and oxygen atoms in total. The van der Waals surface area contributed by atoms with Gasteiger partial charge in [-0.25, -0.2) is 0 Å². The Morgan fingerprint density at radius 3 is 2.95 bits per heavy atom. The Morgan fingerprint density at radius 2 is 2.37 bits per heavy atom. The molecule has 1 amide bonds. The summed E-state index contributed by atoms with van der Waals surface area (Å²) in [6.07, 6.45) is 5.65. The zero-order chi connectivity index (χ0) is 14.0. The number of aryl methyl sites for hydroxylation is 2. The molecule has 1 saturated heterocycles. The van der Waals surface area contributed by atoms with Crippen LogP contribution in [0.1, 0.15) is 32.3 Å². The molecule has 2 rings (SSSR count). The molecule has 0 radical (unpaired) electrons. The zero-order valence-corrected chi connectivity index (χ0v) is 12.0. The van der Waals surface area contributed by atoms with Gasteiger partial charge in [-0.2, -0.15) is 5.10 Å². The van der Waals surface area contributed by atoms with Crippen LogP contribution >= 0.6 is 0 Å². The highest BCUT2D eigenvalue weighted by Gasteiger charge is 2.35. The molecule has 0 saturated carbocycles. The van der Waals surface area contributed by atoms with Crippen molar-refractivity contribution in [3.63, 3.8) is 0 Å². The lowest BCUT2D eigenvalue weighted by molar-refractivity contribution is -0.138. The predicted octanol–water partition coefficient (Wildman–Crippen LogP) is 0.972. The number of nitrogens with zero attached hydrogens (tertiary/aromatic N) is 3. The number of hydrogen-bond acceptors (Lipinski definition) is 3. The van der Waals surface area contributed by atoms with E-state index in [0.29, 0.717) is 25.9 Å². The lowest BCUT2D eigenvalue weighted by Crippen LogP contribution is -2.50. The van der Waals surface area contributed by atoms with Gasteiger partial charge in [0, 0.05) is 38.7 Å². The van der Waals surface area contributed by atoms with Crippen molar-refractivity contribution < 1.29 is 9.90 Å². The third-order valence-corrected chi connectivity index (χ3v) is 4.18. The first-order valence-corrected chi connectivity index (χ1v) is 6.86. The minimum atomic E-state index is -0.639. The zero-order valence-electron chi connectivity index (χ0n) is 12.0. The van der Waals surface area contributed by atoms with Crippen LogP contribution in [0.25, 0.3) is 0 Å². The maximum absolute atomic E-state index is 12.2. The minimum absolute atomic E-state index is 0.128. The van der Waals surface area contributed by atoms with Crippen LogP contribution in [0.3, 0.4) is 0 Å². The Labute approximate surface area is 114 Å². The van der Waals surface area contributed by atoms with Gasteiger partial charge in [-0.15, -0.1) is 0 Å². The molecule has 0 aromatic carbocycles. The van der Waals surface area contributed by atoms with Gasteiger partial charge in [-0.3, -0.25) is 9.48 Å². The van der Waals surface area contributed by atoms with Gasteiger partial charge in [0.2, 0.25) is 5.91 Å². The van der Waals surface area contributed by atoms with E-state index in [9.17, 15) is 9.90 Å². The van der Waals surface area contributed by atoms with Crippen LogP contribution in [-0.2, 0) is 18.3 Å². The topological polar surface area (TPSA) is 58.4 Å². The molecule has 1 fully saturated rings. The van der Waals surface area contributed by atoms with Crippen molar-refractivity contribution in [2.24, 2.45) is 13.0 Å². The molecule has 0 bridgehead atoms. The summed E-state index contributed by atoms with van der Waals surface area (Å²) in [5.41, 5.74) is 0.452. The standard InChI is InChI=1S/C14H23N3O2/c1-11-9-17(7-6-14(11,2)19)13(18)5-4-12-8-15-16(3)10-12/h8,10-11,19H,4-7,9H2,1-3H3/t11-,14+/m1/s1. The Morgan fingerprint density at radius 1 is 1.63 bits per heavy atom. The summed E-state index contributed by atoms with van der Waals surface area (Å²) in [7, 11) is 1.87. The van der Waals surface area contributed by atoms with Crippen LogP contribution in [0.4, 0.5) is 0 Å². The summed E-state index contributed by atoms with van der Waals surface area (Å²) in [5, 5.41) is 14.2. The molecule has 1 aliphatic heterocycles. The van der Waals surface area contributed by atoms with Crippen LogP contribution < -0.4 is 0 Å². The average Bonchev–Trinajstić information content (AvgIpc) is 2.76. The van der Waals surface area contributed by atoms with Crippen molar-refractivity contribution in [1.29, 1.82) is 0 Å². The summed E-state index contributed by atoms with van der Waals surface area (Å²) in [6.45, 7) is 5.16. The Balaban J connectivity index is 1.84. The number of carbonyl (C=O) groups is 1. The number of aliphatic hydroxyl groups is 1. The highest BCUT2D eigenvalue weighted by molar-refractivity contribution is 5.76. The van der Waals surface area contributed by atoms with Gasteiger partial charge in [-0.05, 0) is 25.3 Å². The van der Waals surface area contributed by atoms with E-state index in [4.69, 9.17) is 0 Å². The van der Waals surface area contributed by atoms with Crippen molar-refractivity contribution in [3.8, 4) is 0 Å². The van der Waals surface area contributed by atoms with Crippen molar-refractivity contribution in [1.82, 2.24) is 14.7 Å². The normalized spacial score (nSPS) is 27.6. The molecule has 0 unspecified atom stereocenters. The average molecular weight is 265 g/mol. The van der Waals surface area contributed by atoms with Gasteiger partial charge < -0.3 is 10.0 Å². The van der Waals surface area contributed by atoms with Crippen molar-refractivity contribution in [2.45, 2.75) is 38.7 Å². The fourth-order valence-corrected chi connectivity index (χ4v) is 2.46. The molecule has 106 valence electrons. The van der Waals surface area contributed by atoms with Crippen molar-refractivity contribution in [2.75, 3.05) is 13.1 Å². The molecule has 2 heterocycles. The van der Waals surface area contributed by atoms with E-state index < -0.39 is 5.60 Å². The van der Waals surface area contributed by atoms with E-state index >= 15 is 0 Å². The monoisotopic (exact) mass is 265 g/mol. The molecule has 1 N–H and O–H groups in total. The van der Waals surface area contributed by atoms with Gasteiger partial charge in [0.1, 0.15) is 0 Å². The highest BCUT2D eigenvalue weighted by Crippen LogP contribution is 2.27. The third kappa shape index (κ3) is 3.35. The molecule has 1 aromatic rings. The molecule has 1 aromatic heterocycles. The Bertz CT molecular complexity index is 453. The summed E-state index contributed by atoms with van der Waals surface area (Å²) >= 11 is 0. The minimum Gasteiger partial charge on any atom is -0.390 e. The maximum atomic E-state index is 12.2. The van der Waals surface area contributed by atoms with E-state index in [2.05, 4.69) is 5.10 Å². The second kappa shape index (κ2) is 5.33. The molecule has 5 heteroatoms. The van der Waals surface area contributed by atoms with E-state index in [1.807, 2.05) is 32.0 Å². The number of likely N-dealkylation sites (tertiary alicyclic amines) is 1. The summed E-state index contributed by atoms with van der Waals surface area (Å²) in [6, 6.07) is 0. The number of amides is 1. The lowest BCUT2D eigenvalue weighted by atomic mass is 9.84. The number of carbonyl (C=O) groups excluding carboxylic acids is 1. The van der Waals surface area contributed by atoms with E-state index in [1.165, 1.54) is 0 Å². The molecule has 1 aliphatic rings. The molecular weight excluding hydrogens is 242 g/mol. The van der Waals surface area contributed by atoms with Crippen LogP contribution in [0, 0.1) is 5.92 Å². The predicted molar refractivity (Wildman–Crippen MR) is 72.5 cm³/mol. The molecule has 0 spiro atoms. The van der Waals surface area contributed by atoms with E-state index in [-0.39, 0.29) is 11.8 Å². The molecule has 0 aliphatic carbocycles. The van der Waals surface area contributed by atoms with Gasteiger partial charge >= 0.3 is 0 Å². The molecular formula is C14H23N3O2. The smallest absolute Gasteiger partial charge is 0.222 e. The number of hydrogen-bond donors (Lipinski definition) is 1. The first kappa shape index (κ1) is 14.1. The second-order valence-corrected chi connectivity index (χ2v) is 5.87. The summed E-state index contributed by atoms with van der Waals surface area (Å²) in [5.74, 6) is 0.301. The van der Waals surface area contributed by atoms with E-state index in [1.54, 1.807) is 10.9 Å². The van der Waals surface area contributed by atoms with Crippen LogP contribution in [0.5, 0.6) is 0 Å².